The van der Waals surface area contributed by atoms with Crippen LogP contribution in [-0.2, 0) is 9.47 Å². The van der Waals surface area contributed by atoms with Gasteiger partial charge in [-0.1, -0.05) is 31.4 Å². The minimum atomic E-state index is -0.147. The van der Waals surface area contributed by atoms with Gasteiger partial charge in [-0.2, -0.15) is 0 Å². The number of ether oxygens (including phenoxy) is 2. The molecule has 1 saturated heterocycles. The molecule has 1 atom stereocenters. The maximum absolute atomic E-state index is 5.35. The standard InChI is InChI=1S/C8H13NO2.C5H8/c1-3-7-8(9-4-2)11-6-5-10-7;1-3-5-4-2/h3-4,8-9H,2,5-6H2,1H3;3-5H,1H2,2H3/b7-3+;5-4-. The fourth-order valence-corrected chi connectivity index (χ4v) is 1.09. The van der Waals surface area contributed by atoms with E-state index in [2.05, 4.69) is 18.5 Å². The van der Waals surface area contributed by atoms with Crippen molar-refractivity contribution in [3.63, 3.8) is 0 Å². The van der Waals surface area contributed by atoms with E-state index in [1.807, 2.05) is 32.1 Å². The summed E-state index contributed by atoms with van der Waals surface area (Å²) in [5.74, 6) is 0.830. The number of rotatable bonds is 3. The van der Waals surface area contributed by atoms with Gasteiger partial charge >= 0.3 is 0 Å². The van der Waals surface area contributed by atoms with Gasteiger partial charge in [-0.3, -0.25) is 0 Å². The minimum Gasteiger partial charge on any atom is -0.491 e. The molecule has 1 aliphatic rings. The zero-order valence-electron chi connectivity index (χ0n) is 10.1. The Morgan fingerprint density at radius 2 is 2.06 bits per heavy atom. The maximum Gasteiger partial charge on any atom is 0.185 e. The summed E-state index contributed by atoms with van der Waals surface area (Å²) in [6.45, 7) is 12.2. The fourth-order valence-electron chi connectivity index (χ4n) is 1.09. The van der Waals surface area contributed by atoms with Crippen LogP contribution in [0, 0.1) is 0 Å². The monoisotopic (exact) mass is 223 g/mol. The van der Waals surface area contributed by atoms with Gasteiger partial charge in [0, 0.05) is 0 Å². The first-order valence-electron chi connectivity index (χ1n) is 5.31. The molecule has 1 aliphatic heterocycles. The van der Waals surface area contributed by atoms with Crippen LogP contribution in [0.15, 0.2) is 49.4 Å². The predicted octanol–water partition coefficient (Wildman–Crippen LogP) is 2.74. The lowest BCUT2D eigenvalue weighted by atomic mass is 10.4. The first kappa shape index (κ1) is 14.5. The van der Waals surface area contributed by atoms with Gasteiger partial charge in [0.1, 0.15) is 12.4 Å². The van der Waals surface area contributed by atoms with Crippen molar-refractivity contribution in [2.24, 2.45) is 0 Å². The van der Waals surface area contributed by atoms with E-state index in [-0.39, 0.29) is 6.23 Å². The number of nitrogens with one attached hydrogen (secondary N) is 1. The molecule has 0 spiro atoms. The van der Waals surface area contributed by atoms with Crippen molar-refractivity contribution in [1.29, 1.82) is 0 Å². The third-order valence-corrected chi connectivity index (χ3v) is 1.78. The second-order valence-electron chi connectivity index (χ2n) is 2.92. The van der Waals surface area contributed by atoms with Gasteiger partial charge in [0.05, 0.1) is 6.61 Å². The molecule has 1 fully saturated rings. The van der Waals surface area contributed by atoms with Gasteiger partial charge in [-0.05, 0) is 26.1 Å². The Labute approximate surface area is 98.1 Å². The summed E-state index contributed by atoms with van der Waals surface area (Å²) in [7, 11) is 0. The molecule has 0 aliphatic carbocycles. The molecule has 0 saturated carbocycles. The second-order valence-corrected chi connectivity index (χ2v) is 2.92. The van der Waals surface area contributed by atoms with Crippen LogP contribution in [0.2, 0.25) is 0 Å². The van der Waals surface area contributed by atoms with Gasteiger partial charge in [0.15, 0.2) is 6.23 Å². The summed E-state index contributed by atoms with van der Waals surface area (Å²) in [5.41, 5.74) is 0. The highest BCUT2D eigenvalue weighted by atomic mass is 16.6. The molecule has 0 radical (unpaired) electrons. The normalized spacial score (nSPS) is 21.9. The number of hydrogen-bond acceptors (Lipinski definition) is 3. The summed E-state index contributed by atoms with van der Waals surface area (Å²) >= 11 is 0. The van der Waals surface area contributed by atoms with Crippen molar-refractivity contribution in [3.8, 4) is 0 Å². The Hall–Kier alpha value is -1.48. The molecule has 16 heavy (non-hydrogen) atoms. The van der Waals surface area contributed by atoms with Crippen LogP contribution < -0.4 is 5.32 Å². The summed E-state index contributed by atoms with van der Waals surface area (Å²) < 4.78 is 10.7. The molecule has 3 heteroatoms. The minimum absolute atomic E-state index is 0.147. The molecule has 0 aromatic heterocycles. The smallest absolute Gasteiger partial charge is 0.185 e. The molecule has 3 nitrogen and oxygen atoms in total. The summed E-state index contributed by atoms with van der Waals surface area (Å²) in [5, 5.41) is 2.93. The molecular weight excluding hydrogens is 202 g/mol. The van der Waals surface area contributed by atoms with Crippen LogP contribution >= 0.6 is 0 Å². The van der Waals surface area contributed by atoms with Crippen molar-refractivity contribution in [2.75, 3.05) is 13.2 Å². The van der Waals surface area contributed by atoms with Crippen LogP contribution in [0.25, 0.3) is 0 Å². The Kier molecular flexibility index (Phi) is 9.12. The molecule has 0 aromatic carbocycles. The van der Waals surface area contributed by atoms with Crippen molar-refractivity contribution in [2.45, 2.75) is 20.1 Å². The summed E-state index contributed by atoms with van der Waals surface area (Å²) in [4.78, 5) is 0. The van der Waals surface area contributed by atoms with Crippen LogP contribution in [0.5, 0.6) is 0 Å². The summed E-state index contributed by atoms with van der Waals surface area (Å²) in [6.07, 6.45) is 8.92. The Morgan fingerprint density at radius 1 is 1.31 bits per heavy atom. The lowest BCUT2D eigenvalue weighted by Gasteiger charge is -2.26. The van der Waals surface area contributed by atoms with E-state index in [1.54, 1.807) is 12.3 Å². The van der Waals surface area contributed by atoms with Crippen molar-refractivity contribution in [1.82, 2.24) is 5.32 Å². The average molecular weight is 223 g/mol. The van der Waals surface area contributed by atoms with Crippen LogP contribution in [-0.4, -0.2) is 19.4 Å². The highest BCUT2D eigenvalue weighted by molar-refractivity contribution is 5.00. The highest BCUT2D eigenvalue weighted by Gasteiger charge is 2.17. The van der Waals surface area contributed by atoms with Crippen molar-refractivity contribution < 1.29 is 9.47 Å². The molecule has 1 N–H and O–H groups in total. The molecule has 1 rings (SSSR count). The maximum atomic E-state index is 5.35. The van der Waals surface area contributed by atoms with Gasteiger partial charge < -0.3 is 14.8 Å². The van der Waals surface area contributed by atoms with E-state index < -0.39 is 0 Å². The van der Waals surface area contributed by atoms with Gasteiger partial charge in [0.2, 0.25) is 0 Å². The van der Waals surface area contributed by atoms with E-state index in [0.717, 1.165) is 5.76 Å². The second kappa shape index (κ2) is 10.1. The number of allylic oxidation sites excluding steroid dienone is 4. The van der Waals surface area contributed by atoms with Crippen molar-refractivity contribution >= 4 is 0 Å². The predicted molar refractivity (Wildman–Crippen MR) is 67.8 cm³/mol. The average Bonchev–Trinajstić information content (AvgIpc) is 2.32. The lowest BCUT2D eigenvalue weighted by molar-refractivity contribution is -0.0511. The zero-order valence-corrected chi connectivity index (χ0v) is 10.1. The molecule has 0 aromatic rings. The van der Waals surface area contributed by atoms with Crippen LogP contribution in [0.4, 0.5) is 0 Å². The first-order chi connectivity index (χ1) is 7.79. The van der Waals surface area contributed by atoms with Gasteiger partial charge in [-0.15, -0.1) is 0 Å². The number of hydrogen-bond donors (Lipinski definition) is 1. The van der Waals surface area contributed by atoms with E-state index in [4.69, 9.17) is 9.47 Å². The fraction of sp³-hybridized carbons (Fsp3) is 0.385. The van der Waals surface area contributed by atoms with E-state index in [1.165, 1.54) is 0 Å². The zero-order chi connectivity index (χ0) is 12.2. The molecule has 0 amide bonds. The largest absolute Gasteiger partial charge is 0.491 e. The quantitative estimate of drug-likeness (QED) is 0.746. The third-order valence-electron chi connectivity index (χ3n) is 1.78. The molecular formula is C13H21NO2. The van der Waals surface area contributed by atoms with E-state index >= 15 is 0 Å². The molecule has 90 valence electrons. The van der Waals surface area contributed by atoms with Crippen molar-refractivity contribution in [3.05, 3.63) is 49.4 Å². The topological polar surface area (TPSA) is 30.5 Å². The first-order valence-corrected chi connectivity index (χ1v) is 5.31. The van der Waals surface area contributed by atoms with Crippen LogP contribution in [0.3, 0.4) is 0 Å². The molecule has 1 heterocycles. The highest BCUT2D eigenvalue weighted by Crippen LogP contribution is 2.10. The Balaban J connectivity index is 0.000000385. The summed E-state index contributed by atoms with van der Waals surface area (Å²) in [6, 6.07) is 0. The van der Waals surface area contributed by atoms with Gasteiger partial charge in [-0.25, -0.2) is 0 Å². The van der Waals surface area contributed by atoms with E-state index in [0.29, 0.717) is 13.2 Å². The van der Waals surface area contributed by atoms with Gasteiger partial charge in [0.25, 0.3) is 0 Å². The van der Waals surface area contributed by atoms with Crippen LogP contribution in [0.1, 0.15) is 13.8 Å². The molecule has 0 bridgehead atoms. The molecule has 1 unspecified atom stereocenters. The third kappa shape index (κ3) is 6.09. The Bertz CT molecular complexity index is 257. The Morgan fingerprint density at radius 3 is 2.50 bits per heavy atom. The SMILES string of the molecule is C=C/C=C\C.C=CNC1OCCO/C1=C/C. The van der Waals surface area contributed by atoms with E-state index in [9.17, 15) is 0 Å². The lowest BCUT2D eigenvalue weighted by Crippen LogP contribution is -2.36.